The summed E-state index contributed by atoms with van der Waals surface area (Å²) >= 11 is 0. The summed E-state index contributed by atoms with van der Waals surface area (Å²) < 4.78 is 0. The molecule has 3 rings (SSSR count). The van der Waals surface area contributed by atoms with Crippen molar-refractivity contribution < 1.29 is 5.11 Å². The van der Waals surface area contributed by atoms with E-state index in [0.717, 1.165) is 36.6 Å². The first-order valence-corrected chi connectivity index (χ1v) is 8.59. The van der Waals surface area contributed by atoms with E-state index in [0.29, 0.717) is 12.0 Å². The van der Waals surface area contributed by atoms with Crippen molar-refractivity contribution in [3.63, 3.8) is 0 Å². The quantitative estimate of drug-likeness (QED) is 0.903. The molecule has 1 aliphatic rings. The van der Waals surface area contributed by atoms with Crippen LogP contribution in [0.1, 0.15) is 49.3 Å². The molecular weight excluding hydrogens is 300 g/mol. The third-order valence-corrected chi connectivity index (χ3v) is 4.31. The minimum Gasteiger partial charge on any atom is -0.389 e. The van der Waals surface area contributed by atoms with Gasteiger partial charge in [0.05, 0.1) is 6.10 Å². The number of nitrogens with one attached hydrogen (secondary N) is 1. The molecule has 2 heterocycles. The smallest absolute Gasteiger partial charge is 0.225 e. The Labute approximate surface area is 143 Å². The molecule has 1 aliphatic heterocycles. The maximum atomic E-state index is 9.75. The first-order chi connectivity index (χ1) is 11.4. The molecule has 0 saturated carbocycles. The predicted octanol–water partition coefficient (Wildman–Crippen LogP) is 3.22. The summed E-state index contributed by atoms with van der Waals surface area (Å²) in [4.78, 5) is 11.4. The van der Waals surface area contributed by atoms with Gasteiger partial charge in [0.1, 0.15) is 5.82 Å². The van der Waals surface area contributed by atoms with Crippen molar-refractivity contribution in [2.45, 2.75) is 52.8 Å². The maximum absolute atomic E-state index is 9.75. The highest BCUT2D eigenvalue weighted by atomic mass is 16.3. The Balaban J connectivity index is 1.84. The normalized spacial score (nSPS) is 15.3. The van der Waals surface area contributed by atoms with Crippen LogP contribution < -0.4 is 10.2 Å². The first kappa shape index (κ1) is 16.7. The Morgan fingerprint density at radius 1 is 1.12 bits per heavy atom. The number of hydrogen-bond donors (Lipinski definition) is 2. The molecule has 2 N–H and O–H groups in total. The summed E-state index contributed by atoms with van der Waals surface area (Å²) in [5.74, 6) is 1.66. The Bertz CT molecular complexity index is 727. The third kappa shape index (κ3) is 3.67. The standard InChI is InChI=1S/C19H26N4O/c1-12(2)20-19-21-13(3)9-18(22-19)23-8-7-16-10-15(14(4)24)5-6-17(16)11-23/h5-6,9-10,12,14,24H,7-8,11H2,1-4H3,(H,20,21,22)/t14-/m0/s1. The molecule has 0 aliphatic carbocycles. The second-order valence-electron chi connectivity index (χ2n) is 6.87. The highest BCUT2D eigenvalue weighted by Gasteiger charge is 2.19. The average Bonchev–Trinajstić information content (AvgIpc) is 2.52. The van der Waals surface area contributed by atoms with Crippen molar-refractivity contribution in [1.29, 1.82) is 0 Å². The van der Waals surface area contributed by atoms with Crippen LogP contribution in [0.4, 0.5) is 11.8 Å². The van der Waals surface area contributed by atoms with Crippen LogP contribution in [-0.2, 0) is 13.0 Å². The van der Waals surface area contributed by atoms with Gasteiger partial charge in [0.15, 0.2) is 0 Å². The van der Waals surface area contributed by atoms with Crippen LogP contribution in [0, 0.1) is 6.92 Å². The number of fused-ring (bicyclic) bond motifs is 1. The van der Waals surface area contributed by atoms with Crippen LogP contribution in [0.2, 0.25) is 0 Å². The van der Waals surface area contributed by atoms with Gasteiger partial charge in [-0.05, 0) is 50.8 Å². The second kappa shape index (κ2) is 6.77. The van der Waals surface area contributed by atoms with Gasteiger partial charge >= 0.3 is 0 Å². The summed E-state index contributed by atoms with van der Waals surface area (Å²) in [6.07, 6.45) is 0.550. The molecule has 2 aromatic rings. The Morgan fingerprint density at radius 3 is 2.62 bits per heavy atom. The lowest BCUT2D eigenvalue weighted by atomic mass is 9.96. The molecule has 5 heteroatoms. The van der Waals surface area contributed by atoms with Crippen LogP contribution in [0.3, 0.4) is 0 Å². The molecule has 0 fully saturated rings. The predicted molar refractivity (Wildman–Crippen MR) is 97.4 cm³/mol. The fourth-order valence-electron chi connectivity index (χ4n) is 3.07. The van der Waals surface area contributed by atoms with Crippen LogP contribution in [0.15, 0.2) is 24.3 Å². The largest absolute Gasteiger partial charge is 0.389 e. The molecule has 0 unspecified atom stereocenters. The summed E-state index contributed by atoms with van der Waals surface area (Å²) in [6.45, 7) is 9.75. The fourth-order valence-corrected chi connectivity index (χ4v) is 3.07. The van der Waals surface area contributed by atoms with Crippen LogP contribution in [0.25, 0.3) is 0 Å². The molecule has 24 heavy (non-hydrogen) atoms. The number of nitrogens with zero attached hydrogens (tertiary/aromatic N) is 3. The van der Waals surface area contributed by atoms with Gasteiger partial charge in [0.25, 0.3) is 0 Å². The van der Waals surface area contributed by atoms with Crippen molar-refractivity contribution in [1.82, 2.24) is 9.97 Å². The van der Waals surface area contributed by atoms with Crippen molar-refractivity contribution in [2.75, 3.05) is 16.8 Å². The summed E-state index contributed by atoms with van der Waals surface area (Å²) in [5, 5.41) is 13.0. The highest BCUT2D eigenvalue weighted by Crippen LogP contribution is 2.26. The Kier molecular flexibility index (Phi) is 4.71. The van der Waals surface area contributed by atoms with Gasteiger partial charge in [-0.3, -0.25) is 0 Å². The van der Waals surface area contributed by atoms with Gasteiger partial charge in [-0.2, -0.15) is 4.98 Å². The van der Waals surface area contributed by atoms with Gasteiger partial charge in [-0.15, -0.1) is 0 Å². The molecule has 5 nitrogen and oxygen atoms in total. The Hall–Kier alpha value is -2.14. The summed E-state index contributed by atoms with van der Waals surface area (Å²) in [7, 11) is 0. The SMILES string of the molecule is Cc1cc(N2CCc3cc([C@H](C)O)ccc3C2)nc(NC(C)C)n1. The molecule has 1 aromatic carbocycles. The van der Waals surface area contributed by atoms with Gasteiger partial charge < -0.3 is 15.3 Å². The van der Waals surface area contributed by atoms with E-state index < -0.39 is 6.10 Å². The highest BCUT2D eigenvalue weighted by molar-refractivity contribution is 5.48. The molecular formula is C19H26N4O. The van der Waals surface area contributed by atoms with Crippen molar-refractivity contribution >= 4 is 11.8 Å². The van der Waals surface area contributed by atoms with E-state index in [1.807, 2.05) is 26.0 Å². The number of hydrogen-bond acceptors (Lipinski definition) is 5. The molecule has 1 atom stereocenters. The van der Waals surface area contributed by atoms with E-state index >= 15 is 0 Å². The summed E-state index contributed by atoms with van der Waals surface area (Å²) in [6, 6.07) is 8.63. The molecule has 1 aromatic heterocycles. The molecule has 0 bridgehead atoms. The van der Waals surface area contributed by atoms with E-state index in [-0.39, 0.29) is 0 Å². The number of anilines is 2. The van der Waals surface area contributed by atoms with E-state index in [1.54, 1.807) is 0 Å². The zero-order chi connectivity index (χ0) is 17.3. The van der Waals surface area contributed by atoms with E-state index in [9.17, 15) is 5.11 Å². The van der Waals surface area contributed by atoms with E-state index in [1.165, 1.54) is 11.1 Å². The number of aliphatic hydroxyl groups is 1. The molecule has 0 radical (unpaired) electrons. The first-order valence-electron chi connectivity index (χ1n) is 8.59. The number of aryl methyl sites for hydroxylation is 1. The second-order valence-corrected chi connectivity index (χ2v) is 6.87. The topological polar surface area (TPSA) is 61.3 Å². The van der Waals surface area contributed by atoms with Crippen molar-refractivity contribution in [3.05, 3.63) is 46.6 Å². The molecule has 128 valence electrons. The van der Waals surface area contributed by atoms with Crippen molar-refractivity contribution in [3.8, 4) is 0 Å². The number of aromatic nitrogens is 2. The zero-order valence-electron chi connectivity index (χ0n) is 14.9. The minimum absolute atomic E-state index is 0.306. The lowest BCUT2D eigenvalue weighted by molar-refractivity contribution is 0.199. The minimum atomic E-state index is -0.414. The Morgan fingerprint density at radius 2 is 1.92 bits per heavy atom. The van der Waals surface area contributed by atoms with Gasteiger partial charge in [0, 0.05) is 30.9 Å². The fraction of sp³-hybridized carbons (Fsp3) is 0.474. The lowest BCUT2D eigenvalue weighted by Crippen LogP contribution is -2.31. The number of aliphatic hydroxyl groups excluding tert-OH is 1. The molecule has 0 amide bonds. The number of rotatable bonds is 4. The van der Waals surface area contributed by atoms with Crippen molar-refractivity contribution in [2.24, 2.45) is 0 Å². The van der Waals surface area contributed by atoms with E-state index in [4.69, 9.17) is 0 Å². The number of benzene rings is 1. The zero-order valence-corrected chi connectivity index (χ0v) is 14.9. The monoisotopic (exact) mass is 326 g/mol. The molecule has 0 spiro atoms. The van der Waals surface area contributed by atoms with E-state index in [2.05, 4.69) is 46.2 Å². The average molecular weight is 326 g/mol. The maximum Gasteiger partial charge on any atom is 0.225 e. The van der Waals surface area contributed by atoms with Gasteiger partial charge in [0.2, 0.25) is 5.95 Å². The van der Waals surface area contributed by atoms with Gasteiger partial charge in [-0.25, -0.2) is 4.98 Å². The van der Waals surface area contributed by atoms with Crippen LogP contribution in [-0.4, -0.2) is 27.7 Å². The van der Waals surface area contributed by atoms with Gasteiger partial charge in [-0.1, -0.05) is 18.2 Å². The van der Waals surface area contributed by atoms with Crippen LogP contribution in [0.5, 0.6) is 0 Å². The summed E-state index contributed by atoms with van der Waals surface area (Å²) in [5.41, 5.74) is 4.60. The lowest BCUT2D eigenvalue weighted by Gasteiger charge is -2.30. The van der Waals surface area contributed by atoms with Crippen LogP contribution >= 0.6 is 0 Å². The third-order valence-electron chi connectivity index (χ3n) is 4.31. The molecule has 0 saturated heterocycles.